The number of amides is 1. The summed E-state index contributed by atoms with van der Waals surface area (Å²) in [6.07, 6.45) is 0.742. The van der Waals surface area contributed by atoms with Gasteiger partial charge >= 0.3 is 5.97 Å². The molecule has 2 N–H and O–H groups in total. The maximum absolute atomic E-state index is 13.8. The zero-order valence-corrected chi connectivity index (χ0v) is 14.0. The van der Waals surface area contributed by atoms with Crippen LogP contribution in [0.4, 0.5) is 8.78 Å². The van der Waals surface area contributed by atoms with Gasteiger partial charge in [-0.2, -0.15) is 0 Å². The van der Waals surface area contributed by atoms with Crippen molar-refractivity contribution in [3.05, 3.63) is 71.3 Å². The first kappa shape index (κ1) is 18.0. The monoisotopic (exact) mass is 359 g/mol. The first-order valence-corrected chi connectivity index (χ1v) is 8.45. The second-order valence-electron chi connectivity index (χ2n) is 6.56. The molecule has 6 heteroatoms. The Kier molecular flexibility index (Phi) is 5.30. The Morgan fingerprint density at radius 3 is 2.54 bits per heavy atom. The van der Waals surface area contributed by atoms with Crippen molar-refractivity contribution in [1.29, 1.82) is 0 Å². The van der Waals surface area contributed by atoms with E-state index in [1.54, 1.807) is 0 Å². The number of nitrogens with one attached hydrogen (secondary N) is 1. The van der Waals surface area contributed by atoms with Gasteiger partial charge in [-0.15, -0.1) is 0 Å². The first-order valence-electron chi connectivity index (χ1n) is 8.45. The third kappa shape index (κ3) is 4.07. The third-order valence-electron chi connectivity index (χ3n) is 4.71. The van der Waals surface area contributed by atoms with E-state index in [0.717, 1.165) is 11.6 Å². The van der Waals surface area contributed by atoms with Gasteiger partial charge in [0.1, 0.15) is 0 Å². The fraction of sp³-hybridized carbons (Fsp3) is 0.300. The van der Waals surface area contributed by atoms with Crippen molar-refractivity contribution in [2.75, 3.05) is 6.54 Å². The zero-order chi connectivity index (χ0) is 18.7. The smallest absolute Gasteiger partial charge is 0.308 e. The zero-order valence-electron chi connectivity index (χ0n) is 14.0. The number of rotatable bonds is 7. The molecule has 1 aliphatic rings. The summed E-state index contributed by atoms with van der Waals surface area (Å²) in [5.41, 5.74) is 1.07. The number of benzene rings is 2. The Bertz CT molecular complexity index is 810. The van der Waals surface area contributed by atoms with Crippen LogP contribution in [0.15, 0.2) is 48.5 Å². The highest BCUT2D eigenvalue weighted by Gasteiger charge is 2.45. The Morgan fingerprint density at radius 1 is 1.12 bits per heavy atom. The minimum Gasteiger partial charge on any atom is -0.481 e. The lowest BCUT2D eigenvalue weighted by atomic mass is 9.99. The van der Waals surface area contributed by atoms with E-state index in [9.17, 15) is 23.5 Å². The second-order valence-corrected chi connectivity index (χ2v) is 6.56. The molecule has 0 aromatic heterocycles. The highest BCUT2D eigenvalue weighted by Crippen LogP contribution is 2.48. The van der Waals surface area contributed by atoms with E-state index in [1.165, 1.54) is 12.1 Å². The van der Waals surface area contributed by atoms with Gasteiger partial charge in [-0.1, -0.05) is 42.5 Å². The highest BCUT2D eigenvalue weighted by molar-refractivity contribution is 5.83. The molecule has 3 unspecified atom stereocenters. The molecule has 3 atom stereocenters. The lowest BCUT2D eigenvalue weighted by Crippen LogP contribution is -2.35. The number of halogens is 2. The molecular weight excluding hydrogens is 340 g/mol. The quantitative estimate of drug-likeness (QED) is 0.798. The van der Waals surface area contributed by atoms with E-state index in [0.29, 0.717) is 12.8 Å². The SMILES string of the molecule is O=C(O)C(CNC(=O)C1CC1c1cccc(F)c1F)Cc1ccccc1. The number of hydrogen-bond donors (Lipinski definition) is 2. The van der Waals surface area contributed by atoms with Crippen molar-refractivity contribution in [1.82, 2.24) is 5.32 Å². The maximum atomic E-state index is 13.8. The Labute approximate surface area is 149 Å². The first-order chi connectivity index (χ1) is 12.5. The normalized spacial score (nSPS) is 19.6. The van der Waals surface area contributed by atoms with E-state index >= 15 is 0 Å². The third-order valence-corrected chi connectivity index (χ3v) is 4.71. The van der Waals surface area contributed by atoms with Crippen molar-refractivity contribution < 1.29 is 23.5 Å². The summed E-state index contributed by atoms with van der Waals surface area (Å²) < 4.78 is 27.1. The van der Waals surface area contributed by atoms with Crippen LogP contribution in [0.3, 0.4) is 0 Å². The fourth-order valence-corrected chi connectivity index (χ4v) is 3.14. The molecule has 1 amide bonds. The van der Waals surface area contributed by atoms with Crippen LogP contribution in [-0.2, 0) is 16.0 Å². The number of carboxylic acid groups (broad SMARTS) is 1. The van der Waals surface area contributed by atoms with E-state index < -0.39 is 29.4 Å². The molecule has 0 saturated heterocycles. The number of carbonyl (C=O) groups is 2. The van der Waals surface area contributed by atoms with Crippen LogP contribution in [0.1, 0.15) is 23.5 Å². The molecule has 0 bridgehead atoms. The van der Waals surface area contributed by atoms with Gasteiger partial charge in [0.05, 0.1) is 5.92 Å². The summed E-state index contributed by atoms with van der Waals surface area (Å²) >= 11 is 0. The van der Waals surface area contributed by atoms with E-state index in [4.69, 9.17) is 0 Å². The van der Waals surface area contributed by atoms with Gasteiger partial charge in [-0.05, 0) is 36.0 Å². The molecule has 1 aliphatic carbocycles. The van der Waals surface area contributed by atoms with Crippen LogP contribution in [0.25, 0.3) is 0 Å². The van der Waals surface area contributed by atoms with Gasteiger partial charge in [0.15, 0.2) is 11.6 Å². The molecule has 2 aromatic carbocycles. The van der Waals surface area contributed by atoms with Gasteiger partial charge < -0.3 is 10.4 Å². The summed E-state index contributed by atoms with van der Waals surface area (Å²) in [6, 6.07) is 13.1. The molecule has 0 radical (unpaired) electrons. The van der Waals surface area contributed by atoms with Crippen LogP contribution < -0.4 is 5.32 Å². The van der Waals surface area contributed by atoms with Crippen LogP contribution in [0.5, 0.6) is 0 Å². The lowest BCUT2D eigenvalue weighted by molar-refractivity contribution is -0.141. The molecule has 3 rings (SSSR count). The number of aliphatic carboxylic acids is 1. The summed E-state index contributed by atoms with van der Waals surface area (Å²) in [6.45, 7) is -0.00207. The summed E-state index contributed by atoms with van der Waals surface area (Å²) in [5, 5.41) is 12.0. The predicted molar refractivity (Wildman–Crippen MR) is 91.5 cm³/mol. The molecule has 0 aliphatic heterocycles. The standard InChI is InChI=1S/C20H19F2NO3/c21-17-8-4-7-14(18(17)22)15-10-16(15)19(24)23-11-13(20(25)26)9-12-5-2-1-3-6-12/h1-8,13,15-16H,9-11H2,(H,23,24)(H,25,26). The summed E-state index contributed by atoms with van der Waals surface area (Å²) in [7, 11) is 0. The molecule has 2 aromatic rings. The molecule has 26 heavy (non-hydrogen) atoms. The number of carbonyl (C=O) groups excluding carboxylic acids is 1. The highest BCUT2D eigenvalue weighted by atomic mass is 19.2. The Balaban J connectivity index is 1.56. The molecule has 0 heterocycles. The molecule has 4 nitrogen and oxygen atoms in total. The predicted octanol–water partition coefficient (Wildman–Crippen LogP) is 3.13. The van der Waals surface area contributed by atoms with Gasteiger partial charge in [-0.3, -0.25) is 9.59 Å². The molecule has 136 valence electrons. The van der Waals surface area contributed by atoms with Crippen molar-refractivity contribution in [2.24, 2.45) is 11.8 Å². The van der Waals surface area contributed by atoms with Crippen molar-refractivity contribution in [3.8, 4) is 0 Å². The van der Waals surface area contributed by atoms with Gasteiger partial charge in [0.25, 0.3) is 0 Å². The van der Waals surface area contributed by atoms with E-state index in [1.807, 2.05) is 30.3 Å². The lowest BCUT2D eigenvalue weighted by Gasteiger charge is -2.13. The molecule has 1 saturated carbocycles. The van der Waals surface area contributed by atoms with Crippen LogP contribution >= 0.6 is 0 Å². The van der Waals surface area contributed by atoms with Crippen molar-refractivity contribution >= 4 is 11.9 Å². The van der Waals surface area contributed by atoms with Gasteiger partial charge in [-0.25, -0.2) is 8.78 Å². The molecular formula is C20H19F2NO3. The second kappa shape index (κ2) is 7.64. The van der Waals surface area contributed by atoms with Gasteiger partial charge in [0.2, 0.25) is 5.91 Å². The summed E-state index contributed by atoms with van der Waals surface area (Å²) in [5.74, 6) is -4.71. The topological polar surface area (TPSA) is 66.4 Å². The Hall–Kier alpha value is -2.76. The Morgan fingerprint density at radius 2 is 1.85 bits per heavy atom. The van der Waals surface area contributed by atoms with Crippen LogP contribution in [-0.4, -0.2) is 23.5 Å². The van der Waals surface area contributed by atoms with Crippen LogP contribution in [0, 0.1) is 23.5 Å². The fourth-order valence-electron chi connectivity index (χ4n) is 3.14. The molecule has 1 fully saturated rings. The number of carboxylic acids is 1. The molecule has 0 spiro atoms. The van der Waals surface area contributed by atoms with Gasteiger partial charge in [0, 0.05) is 12.5 Å². The van der Waals surface area contributed by atoms with Crippen LogP contribution in [0.2, 0.25) is 0 Å². The minimum atomic E-state index is -0.988. The summed E-state index contributed by atoms with van der Waals surface area (Å²) in [4.78, 5) is 23.7. The average molecular weight is 359 g/mol. The van der Waals surface area contributed by atoms with E-state index in [-0.39, 0.29) is 23.9 Å². The van der Waals surface area contributed by atoms with Crippen molar-refractivity contribution in [2.45, 2.75) is 18.8 Å². The van der Waals surface area contributed by atoms with E-state index in [2.05, 4.69) is 5.32 Å². The largest absolute Gasteiger partial charge is 0.481 e. The minimum absolute atomic E-state index is 0.00207. The van der Waals surface area contributed by atoms with Crippen molar-refractivity contribution in [3.63, 3.8) is 0 Å². The average Bonchev–Trinajstić information content (AvgIpc) is 3.42. The maximum Gasteiger partial charge on any atom is 0.308 e. The number of hydrogen-bond acceptors (Lipinski definition) is 2.